The third kappa shape index (κ3) is 3.94. The molecule has 5 heterocycles. The van der Waals surface area contributed by atoms with E-state index in [1.165, 1.54) is 10.9 Å². The van der Waals surface area contributed by atoms with Crippen LogP contribution in [0.15, 0.2) is 36.9 Å². The third-order valence-corrected chi connectivity index (χ3v) is 7.98. The zero-order valence-corrected chi connectivity index (χ0v) is 22.9. The Balaban J connectivity index is 1.42. The van der Waals surface area contributed by atoms with Gasteiger partial charge in [-0.3, -0.25) is 4.79 Å². The second-order valence-corrected chi connectivity index (χ2v) is 11.4. The van der Waals surface area contributed by atoms with Crippen LogP contribution in [0.3, 0.4) is 0 Å². The van der Waals surface area contributed by atoms with Crippen molar-refractivity contribution in [2.75, 3.05) is 19.8 Å². The highest BCUT2D eigenvalue weighted by atomic mass is 16.9. The lowest BCUT2D eigenvalue weighted by molar-refractivity contribution is -0.325. The van der Waals surface area contributed by atoms with Crippen molar-refractivity contribution in [3.05, 3.63) is 48.2 Å². The lowest BCUT2D eigenvalue weighted by Crippen LogP contribution is -2.57. The van der Waals surface area contributed by atoms with E-state index in [4.69, 9.17) is 28.4 Å². The Morgan fingerprint density at radius 1 is 1.16 bits per heavy atom. The molecule has 3 saturated heterocycles. The molecule has 9 heteroatoms. The van der Waals surface area contributed by atoms with Crippen LogP contribution in [0.2, 0.25) is 0 Å². The van der Waals surface area contributed by atoms with Gasteiger partial charge in [-0.1, -0.05) is 24.3 Å². The molecule has 206 valence electrons. The molecule has 0 saturated carbocycles. The van der Waals surface area contributed by atoms with Crippen LogP contribution >= 0.6 is 0 Å². The van der Waals surface area contributed by atoms with Gasteiger partial charge in [0.2, 0.25) is 0 Å². The summed E-state index contributed by atoms with van der Waals surface area (Å²) < 4.78 is 39.3. The number of rotatable bonds is 6. The number of fused-ring (bicyclic) bond motifs is 6. The van der Waals surface area contributed by atoms with Crippen LogP contribution in [0, 0.1) is 0 Å². The zero-order chi connectivity index (χ0) is 26.9. The first-order valence-electron chi connectivity index (χ1n) is 13.6. The van der Waals surface area contributed by atoms with Gasteiger partial charge in [0, 0.05) is 24.2 Å². The van der Waals surface area contributed by atoms with Crippen LogP contribution in [-0.4, -0.2) is 70.8 Å². The maximum atomic E-state index is 14.7. The second-order valence-electron chi connectivity index (χ2n) is 11.4. The van der Waals surface area contributed by atoms with Crippen molar-refractivity contribution >= 4 is 16.8 Å². The first-order valence-corrected chi connectivity index (χ1v) is 13.6. The zero-order valence-electron chi connectivity index (χ0n) is 22.9. The maximum Gasteiger partial charge on any atom is 0.286 e. The highest BCUT2D eigenvalue weighted by Crippen LogP contribution is 2.51. The van der Waals surface area contributed by atoms with E-state index in [1.54, 1.807) is 13.8 Å². The Morgan fingerprint density at radius 2 is 1.95 bits per heavy atom. The molecule has 1 aromatic carbocycles. The number of carbonyl (C=O) groups excluding carboxylic acids is 1. The molecule has 0 bridgehead atoms. The summed E-state index contributed by atoms with van der Waals surface area (Å²) in [6, 6.07) is 8.08. The number of nitrogens with zero attached hydrogens (tertiary/aromatic N) is 2. The molecule has 3 fully saturated rings. The van der Waals surface area contributed by atoms with Crippen molar-refractivity contribution in [1.29, 1.82) is 0 Å². The van der Waals surface area contributed by atoms with E-state index >= 15 is 0 Å². The monoisotopic (exact) mass is 526 g/mol. The second kappa shape index (κ2) is 9.15. The summed E-state index contributed by atoms with van der Waals surface area (Å²) in [5.74, 6) is -3.72. The number of benzene rings is 1. The van der Waals surface area contributed by atoms with Crippen molar-refractivity contribution < 1.29 is 33.2 Å². The Morgan fingerprint density at radius 3 is 2.71 bits per heavy atom. The molecule has 0 spiro atoms. The lowest BCUT2D eigenvalue weighted by atomic mass is 9.93. The minimum Gasteiger partial charge on any atom is -0.361 e. The minimum absolute atomic E-state index is 0.255. The molecule has 0 aliphatic carbocycles. The highest BCUT2D eigenvalue weighted by Gasteiger charge is 2.72. The third-order valence-electron chi connectivity index (χ3n) is 7.98. The van der Waals surface area contributed by atoms with Crippen molar-refractivity contribution in [2.45, 2.75) is 95.9 Å². The van der Waals surface area contributed by atoms with E-state index in [0.717, 1.165) is 11.2 Å². The topological polar surface area (TPSA) is 80.6 Å². The molecule has 9 nitrogen and oxygen atoms in total. The SMILES string of the molecule is C=CC[C@@H]1c2c(c3ccccc3n2COCC)CCN1C(=O)[C@@]12O[C@H]3COC(C)(C)O[C@H]3[C@@H]1OC(C)(C)O2. The molecule has 5 atom stereocenters. The lowest BCUT2D eigenvalue weighted by Gasteiger charge is -2.40. The van der Waals surface area contributed by atoms with Gasteiger partial charge < -0.3 is 37.9 Å². The van der Waals surface area contributed by atoms with Crippen LogP contribution in [0.1, 0.15) is 58.3 Å². The first kappa shape index (κ1) is 26.0. The summed E-state index contributed by atoms with van der Waals surface area (Å²) in [7, 11) is 0. The van der Waals surface area contributed by atoms with Crippen LogP contribution in [0.5, 0.6) is 0 Å². The molecule has 0 N–H and O–H groups in total. The number of hydrogen-bond donors (Lipinski definition) is 0. The molecule has 1 aromatic heterocycles. The van der Waals surface area contributed by atoms with E-state index in [2.05, 4.69) is 29.3 Å². The fraction of sp³-hybridized carbons (Fsp3) is 0.621. The molecule has 4 aliphatic heterocycles. The van der Waals surface area contributed by atoms with E-state index in [9.17, 15) is 4.79 Å². The number of amides is 1. The van der Waals surface area contributed by atoms with Gasteiger partial charge in [-0.05, 0) is 59.1 Å². The predicted octanol–water partition coefficient (Wildman–Crippen LogP) is 4.04. The average molecular weight is 527 g/mol. The summed E-state index contributed by atoms with van der Waals surface area (Å²) in [5, 5.41) is 1.19. The van der Waals surface area contributed by atoms with E-state index in [0.29, 0.717) is 39.3 Å². The quantitative estimate of drug-likeness (QED) is 0.526. The van der Waals surface area contributed by atoms with Crippen LogP contribution in [0.4, 0.5) is 0 Å². The van der Waals surface area contributed by atoms with Gasteiger partial charge in [0.05, 0.1) is 18.2 Å². The number of aromatic nitrogens is 1. The van der Waals surface area contributed by atoms with Crippen molar-refractivity contribution in [3.63, 3.8) is 0 Å². The molecule has 4 aliphatic rings. The Kier molecular flexibility index (Phi) is 6.25. The molecule has 0 unspecified atom stereocenters. The summed E-state index contributed by atoms with van der Waals surface area (Å²) in [4.78, 5) is 16.5. The van der Waals surface area contributed by atoms with E-state index < -0.39 is 35.7 Å². The molecular weight excluding hydrogens is 488 g/mol. The van der Waals surface area contributed by atoms with Gasteiger partial charge in [0.15, 0.2) is 17.7 Å². The number of ether oxygens (including phenoxy) is 6. The maximum absolute atomic E-state index is 14.7. The average Bonchev–Trinajstić information content (AvgIpc) is 3.45. The fourth-order valence-electron chi connectivity index (χ4n) is 6.55. The number of hydrogen-bond acceptors (Lipinski definition) is 7. The molecular formula is C29H38N2O7. The largest absolute Gasteiger partial charge is 0.361 e. The molecule has 6 rings (SSSR count). The Bertz CT molecular complexity index is 1250. The van der Waals surface area contributed by atoms with Gasteiger partial charge in [-0.25, -0.2) is 0 Å². The molecule has 38 heavy (non-hydrogen) atoms. The summed E-state index contributed by atoms with van der Waals surface area (Å²) in [6.07, 6.45) is 1.45. The number of para-hydroxylation sites is 1. The van der Waals surface area contributed by atoms with Gasteiger partial charge >= 0.3 is 0 Å². The van der Waals surface area contributed by atoms with Crippen molar-refractivity contribution in [2.24, 2.45) is 0 Å². The van der Waals surface area contributed by atoms with Crippen molar-refractivity contribution in [3.8, 4) is 0 Å². The van der Waals surface area contributed by atoms with Crippen LogP contribution in [0.25, 0.3) is 10.9 Å². The first-order chi connectivity index (χ1) is 18.1. The Hall–Kier alpha value is -2.27. The molecule has 1 amide bonds. The van der Waals surface area contributed by atoms with Gasteiger partial charge in [-0.2, -0.15) is 0 Å². The molecule has 2 aromatic rings. The van der Waals surface area contributed by atoms with Crippen molar-refractivity contribution in [1.82, 2.24) is 9.47 Å². The van der Waals surface area contributed by atoms with Gasteiger partial charge in [-0.15, -0.1) is 6.58 Å². The highest BCUT2D eigenvalue weighted by molar-refractivity contribution is 5.89. The fourth-order valence-corrected chi connectivity index (χ4v) is 6.55. The predicted molar refractivity (Wildman–Crippen MR) is 139 cm³/mol. The summed E-state index contributed by atoms with van der Waals surface area (Å²) >= 11 is 0. The van der Waals surface area contributed by atoms with E-state index in [1.807, 2.05) is 37.8 Å². The standard InChI is InChI=1S/C29H38N2O7/c1-7-11-21-23-19(18-12-9-10-13-20(18)31(23)17-33-8-2)14-15-30(21)26(32)29-25(37-28(5,6)38-29)24-22(35-29)16-34-27(3,4)36-24/h7,9-10,12-13,21-22,24-25H,1,8,11,14-17H2,2-6H3/t21-,22+,24-,25+,29-/m1/s1. The number of carbonyl (C=O) groups is 1. The van der Waals surface area contributed by atoms with Crippen LogP contribution in [-0.2, 0) is 46.4 Å². The smallest absolute Gasteiger partial charge is 0.286 e. The normalized spacial score (nSPS) is 33.1. The summed E-state index contributed by atoms with van der Waals surface area (Å²) in [6.45, 7) is 15.1. The van der Waals surface area contributed by atoms with Gasteiger partial charge in [0.25, 0.3) is 11.7 Å². The Labute approximate surface area is 223 Å². The summed E-state index contributed by atoms with van der Waals surface area (Å²) in [5.41, 5.74) is 3.41. The van der Waals surface area contributed by atoms with Crippen LogP contribution < -0.4 is 0 Å². The minimum atomic E-state index is -1.63. The molecule has 0 radical (unpaired) electrons. The van der Waals surface area contributed by atoms with E-state index in [-0.39, 0.29) is 11.9 Å². The van der Waals surface area contributed by atoms with Gasteiger partial charge in [0.1, 0.15) is 18.9 Å².